The van der Waals surface area contributed by atoms with Gasteiger partial charge >= 0.3 is 6.18 Å². The number of aromatic nitrogens is 2. The lowest BCUT2D eigenvalue weighted by molar-refractivity contribution is -0.140. The van der Waals surface area contributed by atoms with Crippen LogP contribution in [0.2, 0.25) is 0 Å². The molecule has 3 rings (SSSR count). The molecule has 2 heterocycles. The van der Waals surface area contributed by atoms with Gasteiger partial charge in [-0.2, -0.15) is 13.2 Å². The third kappa shape index (κ3) is 2.64. The van der Waals surface area contributed by atoms with Gasteiger partial charge in [0.1, 0.15) is 23.2 Å². The van der Waals surface area contributed by atoms with Crippen LogP contribution in [0.3, 0.4) is 0 Å². The second-order valence-electron chi connectivity index (χ2n) is 4.81. The van der Waals surface area contributed by atoms with Gasteiger partial charge in [0.05, 0.1) is 7.11 Å². The molecule has 0 saturated heterocycles. The van der Waals surface area contributed by atoms with Crippen molar-refractivity contribution in [1.82, 2.24) is 9.97 Å². The molecule has 0 aliphatic carbocycles. The molecule has 2 N–H and O–H groups in total. The molecule has 24 heavy (non-hydrogen) atoms. The van der Waals surface area contributed by atoms with Gasteiger partial charge in [0.15, 0.2) is 5.69 Å². The van der Waals surface area contributed by atoms with Crippen molar-refractivity contribution in [3.8, 4) is 17.2 Å². The Labute approximate surface area is 133 Å². The van der Waals surface area contributed by atoms with Gasteiger partial charge in [-0.3, -0.25) is 4.79 Å². The summed E-state index contributed by atoms with van der Waals surface area (Å²) in [6, 6.07) is 5.09. The molecule has 0 fully saturated rings. The zero-order chi connectivity index (χ0) is 17.5. The van der Waals surface area contributed by atoms with E-state index >= 15 is 0 Å². The van der Waals surface area contributed by atoms with E-state index in [1.54, 1.807) is 6.07 Å². The lowest BCUT2D eigenvalue weighted by Gasteiger charge is -2.11. The average Bonchev–Trinajstić information content (AvgIpc) is 3.02. The maximum atomic E-state index is 12.9. The summed E-state index contributed by atoms with van der Waals surface area (Å²) in [4.78, 5) is 18.7. The van der Waals surface area contributed by atoms with Crippen LogP contribution < -0.4 is 10.5 Å². The summed E-state index contributed by atoms with van der Waals surface area (Å²) in [6.45, 7) is 0. The first-order valence-corrected chi connectivity index (χ1v) is 6.62. The highest BCUT2D eigenvalue weighted by molar-refractivity contribution is 5.97. The second kappa shape index (κ2) is 5.52. The van der Waals surface area contributed by atoms with Crippen LogP contribution in [0.15, 0.2) is 34.9 Å². The summed E-state index contributed by atoms with van der Waals surface area (Å²) in [5.74, 6) is -0.570. The van der Waals surface area contributed by atoms with Crippen LogP contribution in [-0.2, 0) is 6.18 Å². The van der Waals surface area contributed by atoms with E-state index in [4.69, 9.17) is 14.9 Å². The summed E-state index contributed by atoms with van der Waals surface area (Å²) in [5.41, 5.74) is 4.34. The summed E-state index contributed by atoms with van der Waals surface area (Å²) in [7, 11) is 1.33. The smallest absolute Gasteiger partial charge is 0.433 e. The van der Waals surface area contributed by atoms with E-state index in [0.717, 1.165) is 12.3 Å². The minimum atomic E-state index is -4.59. The van der Waals surface area contributed by atoms with E-state index < -0.39 is 17.8 Å². The van der Waals surface area contributed by atoms with Gasteiger partial charge in [-0.1, -0.05) is 0 Å². The third-order valence-electron chi connectivity index (χ3n) is 3.32. The van der Waals surface area contributed by atoms with Crippen molar-refractivity contribution in [3.05, 3.63) is 41.9 Å². The molecule has 0 saturated carbocycles. The number of carbonyl (C=O) groups is 1. The van der Waals surface area contributed by atoms with Crippen LogP contribution in [0.25, 0.3) is 22.4 Å². The van der Waals surface area contributed by atoms with Gasteiger partial charge in [-0.25, -0.2) is 9.97 Å². The highest BCUT2D eigenvalue weighted by Gasteiger charge is 2.33. The van der Waals surface area contributed by atoms with E-state index in [1.165, 1.54) is 19.2 Å². The zero-order valence-corrected chi connectivity index (χ0v) is 12.2. The average molecular weight is 337 g/mol. The number of hydrogen-bond acceptors (Lipinski definition) is 5. The zero-order valence-electron chi connectivity index (χ0n) is 12.2. The van der Waals surface area contributed by atoms with Crippen LogP contribution >= 0.6 is 0 Å². The van der Waals surface area contributed by atoms with E-state index in [-0.39, 0.29) is 22.9 Å². The molecule has 0 radical (unpaired) electrons. The Morgan fingerprint density at radius 3 is 2.54 bits per heavy atom. The summed E-state index contributed by atoms with van der Waals surface area (Å²) >= 11 is 0. The number of halogens is 3. The minimum Gasteiger partial charge on any atom is -0.494 e. The quantitative estimate of drug-likeness (QED) is 0.793. The van der Waals surface area contributed by atoms with Gasteiger partial charge in [-0.05, 0) is 24.3 Å². The Morgan fingerprint density at radius 2 is 1.96 bits per heavy atom. The number of ether oxygens (including phenoxy) is 1. The SMILES string of the molecule is COc1ccc(-c2nc(C(N)=O)co2)c2ccc(C(F)(F)F)nc12. The molecule has 0 aliphatic rings. The highest BCUT2D eigenvalue weighted by Crippen LogP contribution is 2.36. The van der Waals surface area contributed by atoms with Crippen LogP contribution in [0.1, 0.15) is 16.2 Å². The van der Waals surface area contributed by atoms with Gasteiger partial charge in [0, 0.05) is 10.9 Å². The highest BCUT2D eigenvalue weighted by atomic mass is 19.4. The summed E-state index contributed by atoms with van der Waals surface area (Å²) < 4.78 is 48.9. The number of methoxy groups -OCH3 is 1. The fourth-order valence-electron chi connectivity index (χ4n) is 2.21. The number of carbonyl (C=O) groups excluding carboxylic acids is 1. The molecule has 9 heteroatoms. The van der Waals surface area contributed by atoms with Crippen molar-refractivity contribution in [2.45, 2.75) is 6.18 Å². The molecule has 0 aliphatic heterocycles. The summed E-state index contributed by atoms with van der Waals surface area (Å²) in [5, 5.41) is 0.334. The number of rotatable bonds is 3. The van der Waals surface area contributed by atoms with Gasteiger partial charge in [-0.15, -0.1) is 0 Å². The number of oxazole rings is 1. The molecule has 0 spiro atoms. The molecular weight excluding hydrogens is 327 g/mol. The molecular formula is C15H10F3N3O3. The molecule has 2 aromatic heterocycles. The van der Waals surface area contributed by atoms with Crippen LogP contribution in [0.5, 0.6) is 5.75 Å². The van der Waals surface area contributed by atoms with E-state index in [2.05, 4.69) is 9.97 Å². The van der Waals surface area contributed by atoms with Crippen LogP contribution in [0, 0.1) is 0 Å². The molecule has 1 aromatic carbocycles. The number of amides is 1. The molecule has 1 amide bonds. The first-order chi connectivity index (χ1) is 11.3. The van der Waals surface area contributed by atoms with E-state index in [9.17, 15) is 18.0 Å². The van der Waals surface area contributed by atoms with E-state index in [0.29, 0.717) is 10.9 Å². The number of nitrogens with two attached hydrogens (primary N) is 1. The number of nitrogens with zero attached hydrogens (tertiary/aromatic N) is 2. The first kappa shape index (κ1) is 15.8. The normalized spacial score (nSPS) is 11.7. The minimum absolute atomic E-state index is 0.00338. The largest absolute Gasteiger partial charge is 0.494 e. The molecule has 3 aromatic rings. The fraction of sp³-hybridized carbons (Fsp3) is 0.133. The Balaban J connectivity index is 2.24. The van der Waals surface area contributed by atoms with Crippen molar-refractivity contribution in [2.24, 2.45) is 5.73 Å². The van der Waals surface area contributed by atoms with Gasteiger partial charge < -0.3 is 14.9 Å². The predicted molar refractivity (Wildman–Crippen MR) is 77.3 cm³/mol. The lowest BCUT2D eigenvalue weighted by atomic mass is 10.1. The summed E-state index contributed by atoms with van der Waals surface area (Å²) in [6.07, 6.45) is -3.51. The van der Waals surface area contributed by atoms with Crippen molar-refractivity contribution < 1.29 is 27.1 Å². The first-order valence-electron chi connectivity index (χ1n) is 6.62. The maximum Gasteiger partial charge on any atom is 0.433 e. The molecule has 0 atom stereocenters. The lowest BCUT2D eigenvalue weighted by Crippen LogP contribution is -2.11. The number of hydrogen-bond donors (Lipinski definition) is 1. The number of pyridine rings is 1. The van der Waals surface area contributed by atoms with Crippen molar-refractivity contribution in [2.75, 3.05) is 7.11 Å². The Bertz CT molecular complexity index is 935. The van der Waals surface area contributed by atoms with Crippen molar-refractivity contribution in [1.29, 1.82) is 0 Å². The topological polar surface area (TPSA) is 91.2 Å². The molecule has 0 unspecified atom stereocenters. The van der Waals surface area contributed by atoms with Gasteiger partial charge in [0.25, 0.3) is 5.91 Å². The van der Waals surface area contributed by atoms with Crippen molar-refractivity contribution in [3.63, 3.8) is 0 Å². The van der Waals surface area contributed by atoms with Crippen LogP contribution in [-0.4, -0.2) is 23.0 Å². The Kier molecular flexibility index (Phi) is 3.63. The predicted octanol–water partition coefficient (Wildman–Crippen LogP) is 3.02. The van der Waals surface area contributed by atoms with Crippen molar-refractivity contribution >= 4 is 16.8 Å². The Morgan fingerprint density at radius 1 is 1.21 bits per heavy atom. The second-order valence-corrected chi connectivity index (χ2v) is 4.81. The standard InChI is InChI=1S/C15H10F3N3O3/c1-23-10-4-2-8(14-20-9(6-24-14)13(19)22)7-3-5-11(15(16,17)18)21-12(7)10/h2-6H,1H3,(H2,19,22). The Hall–Kier alpha value is -3.10. The molecule has 6 nitrogen and oxygen atoms in total. The molecule has 124 valence electrons. The number of alkyl halides is 3. The molecule has 0 bridgehead atoms. The van der Waals surface area contributed by atoms with E-state index in [1.807, 2.05) is 0 Å². The van der Waals surface area contributed by atoms with Gasteiger partial charge in [0.2, 0.25) is 5.89 Å². The maximum absolute atomic E-state index is 12.9. The fourth-order valence-corrected chi connectivity index (χ4v) is 2.21. The number of primary amides is 1. The van der Waals surface area contributed by atoms with Crippen LogP contribution in [0.4, 0.5) is 13.2 Å². The number of fused-ring (bicyclic) bond motifs is 1. The monoisotopic (exact) mass is 337 g/mol. The number of benzene rings is 1. The third-order valence-corrected chi connectivity index (χ3v) is 3.32.